The van der Waals surface area contributed by atoms with Gasteiger partial charge in [-0.05, 0) is 190 Å². The third-order valence-electron chi connectivity index (χ3n) is 9.81. The summed E-state index contributed by atoms with van der Waals surface area (Å²) in [4.78, 5) is 12.8. The van der Waals surface area contributed by atoms with Crippen molar-refractivity contribution in [1.82, 2.24) is 0 Å². The Morgan fingerprint density at radius 2 is 0.690 bits per heavy atom. The van der Waals surface area contributed by atoms with Gasteiger partial charge in [0.15, 0.2) is 11.5 Å². The maximum atomic E-state index is 12.8. The maximum Gasteiger partial charge on any atom is 0.338 e. The molecule has 5 nitrogen and oxygen atoms in total. The first-order valence-corrected chi connectivity index (χ1v) is 21.6. The predicted molar refractivity (Wildman–Crippen MR) is 251 cm³/mol. The van der Waals surface area contributed by atoms with Gasteiger partial charge < -0.3 is 18.9 Å². The van der Waals surface area contributed by atoms with Crippen molar-refractivity contribution in [2.75, 3.05) is 26.9 Å². The van der Waals surface area contributed by atoms with Crippen LogP contribution in [0.1, 0.15) is 170 Å². The zero-order chi connectivity index (χ0) is 43.3. The Labute approximate surface area is 355 Å². The lowest BCUT2D eigenvalue weighted by atomic mass is 10.1. The number of methoxy groups -OCH3 is 1. The first kappa shape index (κ1) is 51.8. The highest BCUT2D eigenvalue weighted by Gasteiger charge is 2.19. The molecule has 1 aromatic rings. The molecular formula is C53H80O5. The fourth-order valence-corrected chi connectivity index (χ4v) is 6.00. The van der Waals surface area contributed by atoms with Crippen LogP contribution in [0.4, 0.5) is 0 Å². The summed E-state index contributed by atoms with van der Waals surface area (Å²) in [6.45, 7) is 27.0. The van der Waals surface area contributed by atoms with Crippen molar-refractivity contribution in [2.24, 2.45) is 0 Å². The molecule has 0 heterocycles. The minimum absolute atomic E-state index is 0.337. The Hall–Kier alpha value is -4.25. The fourth-order valence-electron chi connectivity index (χ4n) is 6.00. The molecule has 0 aromatic heterocycles. The number of allylic oxidation sites excluding steroid dienone is 15. The SMILES string of the molecule is COC(=O)c1cc(OC/C=C(\C)CC/C=C(\C)CCC=C(C)C)c(OC/C=C(\C)CC/C=C(\C)CCC=C(C)C)c(OC/C=C(\C)CC/C=C(\C)CCC=C(C)C)c1. The number of carbonyl (C=O) groups is 1. The number of carbonyl (C=O) groups excluding carboxylic acids is 1. The van der Waals surface area contributed by atoms with E-state index in [1.165, 1.54) is 57.3 Å². The number of hydrogen-bond donors (Lipinski definition) is 0. The molecule has 0 spiro atoms. The highest BCUT2D eigenvalue weighted by atomic mass is 16.5. The van der Waals surface area contributed by atoms with E-state index in [-0.39, 0.29) is 0 Å². The molecule has 322 valence electrons. The second-order valence-electron chi connectivity index (χ2n) is 16.6. The Morgan fingerprint density at radius 3 is 0.983 bits per heavy atom. The van der Waals surface area contributed by atoms with Crippen LogP contribution in [0.2, 0.25) is 0 Å². The van der Waals surface area contributed by atoms with E-state index in [1.807, 2.05) is 0 Å². The number of hydrogen-bond acceptors (Lipinski definition) is 5. The molecule has 0 aliphatic carbocycles. The van der Waals surface area contributed by atoms with Gasteiger partial charge in [0.1, 0.15) is 19.8 Å². The van der Waals surface area contributed by atoms with Gasteiger partial charge >= 0.3 is 5.97 Å². The molecule has 0 saturated heterocycles. The molecule has 0 radical (unpaired) electrons. The Morgan fingerprint density at radius 1 is 0.414 bits per heavy atom. The number of ether oxygens (including phenoxy) is 4. The molecule has 0 N–H and O–H groups in total. The quantitative estimate of drug-likeness (QED) is 0.0624. The monoisotopic (exact) mass is 797 g/mol. The van der Waals surface area contributed by atoms with Crippen LogP contribution < -0.4 is 14.2 Å². The van der Waals surface area contributed by atoms with E-state index in [0.29, 0.717) is 42.6 Å². The summed E-state index contributed by atoms with van der Waals surface area (Å²) in [5, 5.41) is 0. The summed E-state index contributed by atoms with van der Waals surface area (Å²) in [5.41, 5.74) is 12.5. The van der Waals surface area contributed by atoms with Gasteiger partial charge in [0.05, 0.1) is 12.7 Å². The van der Waals surface area contributed by atoms with E-state index in [1.54, 1.807) is 12.1 Å². The summed E-state index contributed by atoms with van der Waals surface area (Å²) < 4.78 is 24.3. The average Bonchev–Trinajstić information content (AvgIpc) is 3.14. The third-order valence-corrected chi connectivity index (χ3v) is 9.81. The molecule has 0 aliphatic rings. The summed E-state index contributed by atoms with van der Waals surface area (Å²) in [6.07, 6.45) is 32.6. The van der Waals surface area contributed by atoms with Crippen molar-refractivity contribution < 1.29 is 23.7 Å². The Kier molecular flexibility index (Phi) is 27.5. The van der Waals surface area contributed by atoms with Gasteiger partial charge in [0, 0.05) is 0 Å². The van der Waals surface area contributed by atoms with Gasteiger partial charge in [-0.2, -0.15) is 0 Å². The molecule has 0 aliphatic heterocycles. The van der Waals surface area contributed by atoms with Crippen LogP contribution in [0.3, 0.4) is 0 Å². The number of esters is 1. The molecule has 0 unspecified atom stereocenters. The van der Waals surface area contributed by atoms with Gasteiger partial charge in [-0.15, -0.1) is 0 Å². The molecule has 0 bridgehead atoms. The average molecular weight is 797 g/mol. The summed E-state index contributed by atoms with van der Waals surface area (Å²) in [6, 6.07) is 3.39. The Bertz CT molecular complexity index is 1590. The zero-order valence-corrected chi connectivity index (χ0v) is 39.0. The van der Waals surface area contributed by atoms with E-state index in [0.717, 1.165) is 77.0 Å². The molecule has 1 aromatic carbocycles. The molecule has 0 fully saturated rings. The minimum Gasteiger partial charge on any atom is -0.485 e. The standard InChI is InChI=1S/C53H80O5/c1-40(2)20-14-23-43(7)26-17-29-46(10)32-35-56-50-38-49(53(54)55-13)39-51(57-36-33-47(11)30-18-27-44(8)24-15-21-41(3)4)52(50)58-37-34-48(12)31-19-28-45(9)25-16-22-42(5)6/h20-22,26-28,32-34,38-39H,14-19,23-25,29-31,35-37H2,1-13H3/b43-26+,44-27+,45-28+,46-32+,47-33+,48-34+. The first-order valence-electron chi connectivity index (χ1n) is 21.6. The van der Waals surface area contributed by atoms with Crippen LogP contribution in [0.25, 0.3) is 0 Å². The summed E-state index contributed by atoms with van der Waals surface area (Å²) >= 11 is 0. The highest BCUT2D eigenvalue weighted by Crippen LogP contribution is 2.39. The number of benzene rings is 1. The zero-order valence-electron chi connectivity index (χ0n) is 39.0. The van der Waals surface area contributed by atoms with E-state index >= 15 is 0 Å². The molecule has 0 amide bonds. The van der Waals surface area contributed by atoms with Crippen molar-refractivity contribution in [1.29, 1.82) is 0 Å². The van der Waals surface area contributed by atoms with E-state index in [2.05, 4.69) is 138 Å². The number of rotatable bonds is 28. The van der Waals surface area contributed by atoms with Gasteiger partial charge in [-0.1, -0.05) is 86.6 Å². The van der Waals surface area contributed by atoms with E-state index < -0.39 is 5.97 Å². The third kappa shape index (κ3) is 25.9. The van der Waals surface area contributed by atoms with Crippen molar-refractivity contribution in [3.63, 3.8) is 0 Å². The van der Waals surface area contributed by atoms with Gasteiger partial charge in [-0.25, -0.2) is 4.79 Å². The predicted octanol–water partition coefficient (Wildman–Crippen LogP) is 15.9. The van der Waals surface area contributed by atoms with Crippen LogP contribution in [-0.4, -0.2) is 32.9 Å². The lowest BCUT2D eigenvalue weighted by Gasteiger charge is -2.17. The second kappa shape index (κ2) is 30.8. The summed E-state index contributed by atoms with van der Waals surface area (Å²) in [7, 11) is 1.38. The van der Waals surface area contributed by atoms with Crippen molar-refractivity contribution in [3.8, 4) is 17.2 Å². The minimum atomic E-state index is -0.460. The lowest BCUT2D eigenvalue weighted by Crippen LogP contribution is -2.08. The van der Waals surface area contributed by atoms with Crippen LogP contribution in [0.5, 0.6) is 17.2 Å². The molecule has 1 rings (SSSR count). The molecular weight excluding hydrogens is 717 g/mol. The molecule has 5 heteroatoms. The second-order valence-corrected chi connectivity index (χ2v) is 16.6. The normalized spacial score (nSPS) is 12.9. The summed E-state index contributed by atoms with van der Waals surface area (Å²) in [5.74, 6) is 0.923. The molecule has 58 heavy (non-hydrogen) atoms. The smallest absolute Gasteiger partial charge is 0.338 e. The lowest BCUT2D eigenvalue weighted by molar-refractivity contribution is 0.0599. The van der Waals surface area contributed by atoms with E-state index in [4.69, 9.17) is 18.9 Å². The van der Waals surface area contributed by atoms with Crippen molar-refractivity contribution in [3.05, 3.63) is 123 Å². The molecule has 0 atom stereocenters. The molecule has 0 saturated carbocycles. The fraction of sp³-hybridized carbons (Fsp3) is 0.528. The maximum absolute atomic E-state index is 12.8. The van der Waals surface area contributed by atoms with Crippen LogP contribution >= 0.6 is 0 Å². The van der Waals surface area contributed by atoms with Crippen LogP contribution in [0, 0.1) is 0 Å². The van der Waals surface area contributed by atoms with Crippen molar-refractivity contribution >= 4 is 5.97 Å². The van der Waals surface area contributed by atoms with E-state index in [9.17, 15) is 4.79 Å². The highest BCUT2D eigenvalue weighted by molar-refractivity contribution is 5.91. The Balaban J connectivity index is 3.22. The largest absolute Gasteiger partial charge is 0.485 e. The van der Waals surface area contributed by atoms with Crippen LogP contribution in [0.15, 0.2) is 117 Å². The van der Waals surface area contributed by atoms with Gasteiger partial charge in [-0.3, -0.25) is 0 Å². The van der Waals surface area contributed by atoms with Crippen LogP contribution in [-0.2, 0) is 4.74 Å². The topological polar surface area (TPSA) is 54.0 Å². The first-order chi connectivity index (χ1) is 27.6. The van der Waals surface area contributed by atoms with Gasteiger partial charge in [0.25, 0.3) is 0 Å². The van der Waals surface area contributed by atoms with Gasteiger partial charge in [0.2, 0.25) is 5.75 Å². The van der Waals surface area contributed by atoms with Crippen molar-refractivity contribution in [2.45, 2.75) is 160 Å².